The zero-order valence-corrected chi connectivity index (χ0v) is 18.6. The molecule has 11 heteroatoms. The molecule has 0 spiro atoms. The van der Waals surface area contributed by atoms with Gasteiger partial charge in [0.15, 0.2) is 5.82 Å². The molecule has 4 heterocycles. The first-order valence-electron chi connectivity index (χ1n) is 10.4. The number of amides is 1. The maximum absolute atomic E-state index is 12.9. The second kappa shape index (κ2) is 8.10. The van der Waals surface area contributed by atoms with Crippen molar-refractivity contribution in [1.29, 1.82) is 0 Å². The molecule has 2 aromatic rings. The lowest BCUT2D eigenvalue weighted by atomic mass is 10.0. The second-order valence-electron chi connectivity index (χ2n) is 8.23. The Hall–Kier alpha value is -2.27. The molecule has 2 aliphatic rings. The summed E-state index contributed by atoms with van der Waals surface area (Å²) in [5.74, 6) is 1.53. The SMILES string of the molecule is Cc1cc(C)n(CC(=O)N2CCc3nnc(C4CCCCN4S(C)(=O)=O)n3CC2)n1. The molecule has 164 valence electrons. The quantitative estimate of drug-likeness (QED) is 0.699. The average Bonchev–Trinajstić information content (AvgIpc) is 3.15. The molecular weight excluding hydrogens is 406 g/mol. The Labute approximate surface area is 176 Å². The van der Waals surface area contributed by atoms with Crippen LogP contribution in [0.15, 0.2) is 6.07 Å². The van der Waals surface area contributed by atoms with E-state index < -0.39 is 10.0 Å². The number of piperidine rings is 1. The lowest BCUT2D eigenvalue weighted by Crippen LogP contribution is -2.39. The van der Waals surface area contributed by atoms with Crippen molar-refractivity contribution in [2.24, 2.45) is 0 Å². The van der Waals surface area contributed by atoms with Gasteiger partial charge in [0, 0.05) is 38.3 Å². The molecular formula is C19H29N7O3S. The summed E-state index contributed by atoms with van der Waals surface area (Å²) in [5.41, 5.74) is 1.86. The largest absolute Gasteiger partial charge is 0.339 e. The molecule has 0 aromatic carbocycles. The Morgan fingerprint density at radius 1 is 1.13 bits per heavy atom. The van der Waals surface area contributed by atoms with Gasteiger partial charge in [-0.1, -0.05) is 6.42 Å². The Balaban J connectivity index is 1.50. The monoisotopic (exact) mass is 435 g/mol. The Morgan fingerprint density at radius 3 is 2.63 bits per heavy atom. The molecule has 30 heavy (non-hydrogen) atoms. The number of hydrogen-bond donors (Lipinski definition) is 0. The van der Waals surface area contributed by atoms with Crippen LogP contribution in [0.25, 0.3) is 0 Å². The van der Waals surface area contributed by atoms with Crippen molar-refractivity contribution in [2.75, 3.05) is 25.9 Å². The standard InChI is InChI=1S/C19H29N7O3S/c1-14-12-15(2)25(22-14)13-18(27)23-9-7-17-20-21-19(24(17)11-10-23)16-6-4-5-8-26(16)30(3,28)29/h12,16H,4-11,13H2,1-3H3. The number of nitrogens with zero attached hydrogens (tertiary/aromatic N) is 7. The third kappa shape index (κ3) is 4.13. The van der Waals surface area contributed by atoms with E-state index in [0.717, 1.165) is 36.5 Å². The highest BCUT2D eigenvalue weighted by atomic mass is 32.2. The minimum Gasteiger partial charge on any atom is -0.339 e. The van der Waals surface area contributed by atoms with Crippen LogP contribution in [0.4, 0.5) is 0 Å². The Kier molecular flexibility index (Phi) is 5.67. The molecule has 1 saturated heterocycles. The molecule has 0 saturated carbocycles. The summed E-state index contributed by atoms with van der Waals surface area (Å²) in [4.78, 5) is 14.7. The van der Waals surface area contributed by atoms with Gasteiger partial charge in [-0.3, -0.25) is 9.48 Å². The van der Waals surface area contributed by atoms with Gasteiger partial charge in [-0.05, 0) is 32.8 Å². The molecule has 1 unspecified atom stereocenters. The molecule has 4 rings (SSSR count). The second-order valence-corrected chi connectivity index (χ2v) is 10.2. The van der Waals surface area contributed by atoms with Gasteiger partial charge in [-0.2, -0.15) is 9.40 Å². The van der Waals surface area contributed by atoms with Crippen LogP contribution in [-0.4, -0.2) is 74.0 Å². The van der Waals surface area contributed by atoms with E-state index in [1.54, 1.807) is 8.99 Å². The van der Waals surface area contributed by atoms with Crippen LogP contribution in [0.5, 0.6) is 0 Å². The summed E-state index contributed by atoms with van der Waals surface area (Å²) in [5, 5.41) is 13.1. The summed E-state index contributed by atoms with van der Waals surface area (Å²) < 4.78 is 29.9. The van der Waals surface area contributed by atoms with Gasteiger partial charge in [-0.25, -0.2) is 8.42 Å². The van der Waals surface area contributed by atoms with E-state index in [2.05, 4.69) is 15.3 Å². The molecule has 2 aliphatic heterocycles. The van der Waals surface area contributed by atoms with Crippen molar-refractivity contribution in [3.63, 3.8) is 0 Å². The number of rotatable bonds is 4. The molecule has 1 amide bonds. The van der Waals surface area contributed by atoms with Crippen molar-refractivity contribution < 1.29 is 13.2 Å². The normalized spacial score (nSPS) is 20.8. The molecule has 1 atom stereocenters. The first kappa shape index (κ1) is 21.0. The van der Waals surface area contributed by atoms with E-state index in [-0.39, 0.29) is 18.5 Å². The van der Waals surface area contributed by atoms with E-state index >= 15 is 0 Å². The van der Waals surface area contributed by atoms with Gasteiger partial charge >= 0.3 is 0 Å². The molecule has 10 nitrogen and oxygen atoms in total. The average molecular weight is 436 g/mol. The van der Waals surface area contributed by atoms with Crippen molar-refractivity contribution in [2.45, 2.75) is 58.7 Å². The van der Waals surface area contributed by atoms with E-state index in [1.165, 1.54) is 6.26 Å². The number of aromatic nitrogens is 5. The number of carbonyl (C=O) groups is 1. The van der Waals surface area contributed by atoms with Crippen LogP contribution < -0.4 is 0 Å². The van der Waals surface area contributed by atoms with Crippen molar-refractivity contribution in [3.8, 4) is 0 Å². The number of aryl methyl sites for hydroxylation is 2. The predicted molar refractivity (Wildman–Crippen MR) is 110 cm³/mol. The fraction of sp³-hybridized carbons (Fsp3) is 0.684. The third-order valence-electron chi connectivity index (χ3n) is 5.97. The highest BCUT2D eigenvalue weighted by Crippen LogP contribution is 2.32. The first-order chi connectivity index (χ1) is 14.2. The Bertz CT molecular complexity index is 1040. The van der Waals surface area contributed by atoms with Crippen LogP contribution >= 0.6 is 0 Å². The van der Waals surface area contributed by atoms with Gasteiger partial charge in [-0.15, -0.1) is 10.2 Å². The van der Waals surface area contributed by atoms with Crippen LogP contribution in [0.1, 0.15) is 48.3 Å². The van der Waals surface area contributed by atoms with Crippen molar-refractivity contribution in [1.82, 2.24) is 33.8 Å². The maximum Gasteiger partial charge on any atom is 0.244 e. The van der Waals surface area contributed by atoms with Gasteiger partial charge in [0.1, 0.15) is 12.4 Å². The minimum absolute atomic E-state index is 0.0249. The molecule has 0 bridgehead atoms. The summed E-state index contributed by atoms with van der Waals surface area (Å²) in [7, 11) is -3.32. The van der Waals surface area contributed by atoms with Gasteiger partial charge in [0.25, 0.3) is 0 Å². The fourth-order valence-corrected chi connectivity index (χ4v) is 5.59. The zero-order valence-electron chi connectivity index (χ0n) is 17.8. The summed E-state index contributed by atoms with van der Waals surface area (Å²) in [6, 6.07) is 1.67. The number of fused-ring (bicyclic) bond motifs is 1. The maximum atomic E-state index is 12.9. The number of sulfonamides is 1. The smallest absolute Gasteiger partial charge is 0.244 e. The zero-order chi connectivity index (χ0) is 21.5. The topological polar surface area (TPSA) is 106 Å². The summed E-state index contributed by atoms with van der Waals surface area (Å²) in [6.45, 7) is 6.27. The first-order valence-corrected chi connectivity index (χ1v) is 12.3. The molecule has 2 aromatic heterocycles. The number of hydrogen-bond acceptors (Lipinski definition) is 6. The molecule has 0 N–H and O–H groups in total. The van der Waals surface area contributed by atoms with Gasteiger partial charge < -0.3 is 9.47 Å². The van der Waals surface area contributed by atoms with Gasteiger partial charge in [0.2, 0.25) is 15.9 Å². The summed E-state index contributed by atoms with van der Waals surface area (Å²) in [6.07, 6.45) is 4.42. The molecule has 0 radical (unpaired) electrons. The van der Waals surface area contributed by atoms with Crippen LogP contribution in [0, 0.1) is 13.8 Å². The predicted octanol–water partition coefficient (Wildman–Crippen LogP) is 0.663. The van der Waals surface area contributed by atoms with Crippen molar-refractivity contribution in [3.05, 3.63) is 29.1 Å². The minimum atomic E-state index is -3.32. The Morgan fingerprint density at radius 2 is 1.93 bits per heavy atom. The highest BCUT2D eigenvalue weighted by molar-refractivity contribution is 7.88. The van der Waals surface area contributed by atoms with Crippen LogP contribution in [0.2, 0.25) is 0 Å². The fourth-order valence-electron chi connectivity index (χ4n) is 4.46. The van der Waals surface area contributed by atoms with E-state index in [1.807, 2.05) is 29.4 Å². The van der Waals surface area contributed by atoms with Gasteiger partial charge in [0.05, 0.1) is 18.0 Å². The molecule has 1 fully saturated rings. The van der Waals surface area contributed by atoms with Crippen LogP contribution in [-0.2, 0) is 34.3 Å². The lowest BCUT2D eigenvalue weighted by molar-refractivity contribution is -0.132. The van der Waals surface area contributed by atoms with E-state index in [9.17, 15) is 13.2 Å². The highest BCUT2D eigenvalue weighted by Gasteiger charge is 2.35. The number of carbonyl (C=O) groups excluding carboxylic acids is 1. The van der Waals surface area contributed by atoms with Crippen molar-refractivity contribution >= 4 is 15.9 Å². The van der Waals surface area contributed by atoms with E-state index in [4.69, 9.17) is 0 Å². The molecule has 0 aliphatic carbocycles. The third-order valence-corrected chi connectivity index (χ3v) is 7.26. The van der Waals surface area contributed by atoms with Crippen LogP contribution in [0.3, 0.4) is 0 Å². The lowest BCUT2D eigenvalue weighted by Gasteiger charge is -2.33. The van der Waals surface area contributed by atoms with E-state index in [0.29, 0.717) is 38.4 Å². The summed E-state index contributed by atoms with van der Waals surface area (Å²) >= 11 is 0.